The first-order chi connectivity index (χ1) is 27.1. The zero-order chi connectivity index (χ0) is 41.4. The Kier molecular flexibility index (Phi) is 37.5. The van der Waals surface area contributed by atoms with E-state index in [0.717, 1.165) is 64.2 Å². The number of carbonyl (C=O) groups is 3. The number of ether oxygens (including phenoxy) is 2. The van der Waals surface area contributed by atoms with Crippen LogP contribution in [0, 0.1) is 0 Å². The molecule has 0 radical (unpaired) electrons. The highest BCUT2D eigenvalue weighted by molar-refractivity contribution is 7.47. The number of esters is 2. The number of carboxylic acids is 1. The Labute approximate surface area is 339 Å². The fraction of sp³-hybridized carbons (Fsp3) is 0.750. The molecule has 4 N–H and O–H groups in total. The van der Waals surface area contributed by atoms with E-state index in [1.807, 2.05) is 24.3 Å². The van der Waals surface area contributed by atoms with Crippen LogP contribution in [0.25, 0.3) is 0 Å². The fourth-order valence-corrected chi connectivity index (χ4v) is 6.48. The molecule has 11 nitrogen and oxygen atoms in total. The van der Waals surface area contributed by atoms with Crippen LogP contribution in [-0.4, -0.2) is 59.9 Å². The molecule has 0 aliphatic carbocycles. The van der Waals surface area contributed by atoms with Crippen LogP contribution in [0.2, 0.25) is 0 Å². The smallest absolute Gasteiger partial charge is 0.472 e. The lowest BCUT2D eigenvalue weighted by molar-refractivity contribution is -0.161. The molecule has 0 heterocycles. The first-order valence-corrected chi connectivity index (χ1v) is 23.2. The number of hydrogen-bond donors (Lipinski definition) is 3. The monoisotopic (exact) mass is 812 g/mol. The highest BCUT2D eigenvalue weighted by Gasteiger charge is 2.28. The third-order valence-electron chi connectivity index (χ3n) is 9.12. The Bertz CT molecular complexity index is 1140. The number of hydrogen-bond acceptors (Lipinski definition) is 9. The van der Waals surface area contributed by atoms with Crippen molar-refractivity contribution in [3.05, 3.63) is 48.6 Å². The number of aliphatic carboxylic acids is 1. The lowest BCUT2D eigenvalue weighted by Crippen LogP contribution is -2.34. The maximum atomic E-state index is 12.6. The number of phosphoric acid groups is 1. The van der Waals surface area contributed by atoms with Crippen LogP contribution in [0.5, 0.6) is 0 Å². The van der Waals surface area contributed by atoms with E-state index in [1.165, 1.54) is 77.0 Å². The molecule has 324 valence electrons. The molecule has 0 aromatic carbocycles. The number of carbonyl (C=O) groups excluding carboxylic acids is 2. The van der Waals surface area contributed by atoms with E-state index < -0.39 is 51.1 Å². The second-order valence-corrected chi connectivity index (χ2v) is 16.0. The van der Waals surface area contributed by atoms with Gasteiger partial charge in [-0.3, -0.25) is 23.4 Å². The van der Waals surface area contributed by atoms with Crippen LogP contribution in [0.15, 0.2) is 48.6 Å². The van der Waals surface area contributed by atoms with Gasteiger partial charge in [0.25, 0.3) is 0 Å². The van der Waals surface area contributed by atoms with Crippen LogP contribution in [-0.2, 0) is 37.5 Å². The van der Waals surface area contributed by atoms with E-state index in [2.05, 4.69) is 42.7 Å². The molecule has 0 bridgehead atoms. The van der Waals surface area contributed by atoms with Crippen LogP contribution < -0.4 is 5.73 Å². The van der Waals surface area contributed by atoms with Gasteiger partial charge in [-0.25, -0.2) is 4.57 Å². The van der Waals surface area contributed by atoms with E-state index in [9.17, 15) is 23.8 Å². The second kappa shape index (κ2) is 39.3. The minimum Gasteiger partial charge on any atom is -0.480 e. The van der Waals surface area contributed by atoms with Crippen molar-refractivity contribution in [1.82, 2.24) is 0 Å². The topological polar surface area (TPSA) is 172 Å². The summed E-state index contributed by atoms with van der Waals surface area (Å²) < 4.78 is 32.6. The van der Waals surface area contributed by atoms with Gasteiger partial charge in [0.1, 0.15) is 12.6 Å². The van der Waals surface area contributed by atoms with Crippen molar-refractivity contribution in [3.8, 4) is 0 Å². The van der Waals surface area contributed by atoms with Gasteiger partial charge >= 0.3 is 25.7 Å². The predicted molar refractivity (Wildman–Crippen MR) is 226 cm³/mol. The maximum Gasteiger partial charge on any atom is 0.472 e. The van der Waals surface area contributed by atoms with Crippen LogP contribution in [0.1, 0.15) is 181 Å². The summed E-state index contributed by atoms with van der Waals surface area (Å²) in [4.78, 5) is 45.9. The molecule has 0 aliphatic rings. The van der Waals surface area contributed by atoms with Gasteiger partial charge in [0.15, 0.2) is 6.10 Å². The van der Waals surface area contributed by atoms with Gasteiger partial charge in [-0.1, -0.05) is 159 Å². The normalized spacial score (nSPS) is 14.2. The summed E-state index contributed by atoms with van der Waals surface area (Å²) in [6.07, 6.45) is 43.2. The summed E-state index contributed by atoms with van der Waals surface area (Å²) in [5, 5.41) is 8.88. The highest BCUT2D eigenvalue weighted by Crippen LogP contribution is 2.43. The van der Waals surface area contributed by atoms with Gasteiger partial charge in [-0.2, -0.15) is 0 Å². The fourth-order valence-electron chi connectivity index (χ4n) is 5.71. The van der Waals surface area contributed by atoms with Crippen molar-refractivity contribution in [3.63, 3.8) is 0 Å². The SMILES string of the molecule is CC/C=C/C=C/C=C/CCCCCCCC(=O)OC(COC(=O)CCCCCCCCC/C=C/CCCCCCCCCC)COP(=O)(O)OC[C@@H](N)C(=O)O. The minimum absolute atomic E-state index is 0.136. The van der Waals surface area contributed by atoms with Gasteiger partial charge in [0.2, 0.25) is 0 Å². The van der Waals surface area contributed by atoms with E-state index >= 15 is 0 Å². The average Bonchev–Trinajstić information content (AvgIpc) is 3.17. The quantitative estimate of drug-likeness (QED) is 0.0177. The molecule has 0 rings (SSSR count). The molecule has 3 atom stereocenters. The lowest BCUT2D eigenvalue weighted by atomic mass is 10.1. The largest absolute Gasteiger partial charge is 0.480 e. The summed E-state index contributed by atoms with van der Waals surface area (Å²) >= 11 is 0. The van der Waals surface area contributed by atoms with Crippen molar-refractivity contribution >= 4 is 25.7 Å². The standard InChI is InChI=1S/C44H78NO10P/c1-3-5-7-9-11-13-15-17-18-19-20-21-22-24-25-27-29-31-33-35-42(46)52-37-40(38-53-56(50,51)54-39-41(45)44(48)49)55-43(47)36-34-32-30-28-26-23-16-14-12-10-8-6-4-2/h6,8,10,12,14,16,19-20,40-41H,3-5,7,9,11,13,15,17-18,21-39,45H2,1-2H3,(H,48,49)(H,50,51)/b8-6+,12-10+,16-14+,20-19+/t40?,41-/m1/s1. The molecular formula is C44H78NO10P. The third kappa shape index (κ3) is 38.3. The van der Waals surface area contributed by atoms with Crippen LogP contribution in [0.3, 0.4) is 0 Å². The number of unbranched alkanes of at least 4 members (excludes halogenated alkanes) is 20. The molecular weight excluding hydrogens is 733 g/mol. The first kappa shape index (κ1) is 53.4. The maximum absolute atomic E-state index is 12.6. The molecule has 0 saturated carbocycles. The second-order valence-electron chi connectivity index (χ2n) is 14.5. The molecule has 0 aromatic heterocycles. The molecule has 56 heavy (non-hydrogen) atoms. The summed E-state index contributed by atoms with van der Waals surface area (Å²) in [5.74, 6) is -2.41. The Morgan fingerprint density at radius 1 is 0.571 bits per heavy atom. The summed E-state index contributed by atoms with van der Waals surface area (Å²) in [6, 6.07) is -1.53. The van der Waals surface area contributed by atoms with E-state index in [1.54, 1.807) is 0 Å². The zero-order valence-electron chi connectivity index (χ0n) is 35.0. The van der Waals surface area contributed by atoms with E-state index in [-0.39, 0.29) is 19.4 Å². The van der Waals surface area contributed by atoms with Gasteiger partial charge < -0.3 is 25.2 Å². The highest BCUT2D eigenvalue weighted by atomic mass is 31.2. The van der Waals surface area contributed by atoms with Gasteiger partial charge in [0.05, 0.1) is 13.2 Å². The molecule has 0 spiro atoms. The van der Waals surface area contributed by atoms with Crippen molar-refractivity contribution in [1.29, 1.82) is 0 Å². The van der Waals surface area contributed by atoms with Crippen molar-refractivity contribution in [2.75, 3.05) is 19.8 Å². The number of nitrogens with two attached hydrogens (primary N) is 1. The average molecular weight is 812 g/mol. The third-order valence-corrected chi connectivity index (χ3v) is 10.1. The molecule has 0 fully saturated rings. The van der Waals surface area contributed by atoms with Gasteiger partial charge in [-0.15, -0.1) is 0 Å². The minimum atomic E-state index is -4.72. The van der Waals surface area contributed by atoms with E-state index in [4.69, 9.17) is 24.8 Å². The zero-order valence-corrected chi connectivity index (χ0v) is 35.9. The van der Waals surface area contributed by atoms with Crippen molar-refractivity contribution < 1.29 is 47.5 Å². The van der Waals surface area contributed by atoms with Gasteiger partial charge in [0, 0.05) is 12.8 Å². The Morgan fingerprint density at radius 2 is 1.02 bits per heavy atom. The number of rotatable bonds is 40. The molecule has 0 aromatic rings. The molecule has 0 amide bonds. The van der Waals surface area contributed by atoms with E-state index in [0.29, 0.717) is 12.8 Å². The molecule has 12 heteroatoms. The van der Waals surface area contributed by atoms with Crippen LogP contribution >= 0.6 is 7.82 Å². The van der Waals surface area contributed by atoms with Crippen molar-refractivity contribution in [2.24, 2.45) is 5.73 Å². The number of carboxylic acid groups (broad SMARTS) is 1. The summed E-state index contributed by atoms with van der Waals surface area (Å²) in [5.41, 5.74) is 5.33. The van der Waals surface area contributed by atoms with Crippen molar-refractivity contribution in [2.45, 2.75) is 193 Å². The van der Waals surface area contributed by atoms with Crippen LogP contribution in [0.4, 0.5) is 0 Å². The Hall–Kier alpha value is -2.56. The van der Waals surface area contributed by atoms with Gasteiger partial charge in [-0.05, 0) is 57.8 Å². The number of phosphoric ester groups is 1. The summed E-state index contributed by atoms with van der Waals surface area (Å²) in [6.45, 7) is 2.64. The Balaban J connectivity index is 4.35. The molecule has 2 unspecified atom stereocenters. The molecule has 0 aliphatic heterocycles. The lowest BCUT2D eigenvalue weighted by Gasteiger charge is -2.20. The Morgan fingerprint density at radius 3 is 1.54 bits per heavy atom. The first-order valence-electron chi connectivity index (χ1n) is 21.7. The summed E-state index contributed by atoms with van der Waals surface area (Å²) in [7, 11) is -4.72. The molecule has 0 saturated heterocycles. The number of allylic oxidation sites excluding steroid dienone is 8. The predicted octanol–water partition coefficient (Wildman–Crippen LogP) is 11.4.